The molecule has 0 radical (unpaired) electrons. The zero-order chi connectivity index (χ0) is 24.7. The highest BCUT2D eigenvalue weighted by atomic mass is 16.3. The molecule has 4 rings (SSSR count). The van der Waals surface area contributed by atoms with Gasteiger partial charge in [0.1, 0.15) is 11.6 Å². The Hall–Kier alpha value is -2.95. The first-order chi connectivity index (χ1) is 16.0. The van der Waals surface area contributed by atoms with Crippen LogP contribution in [0.3, 0.4) is 0 Å². The Bertz CT molecular complexity index is 1250. The van der Waals surface area contributed by atoms with Crippen LogP contribution in [0.1, 0.15) is 102 Å². The summed E-state index contributed by atoms with van der Waals surface area (Å²) in [7, 11) is 0. The van der Waals surface area contributed by atoms with Gasteiger partial charge in [-0.3, -0.25) is 4.79 Å². The van der Waals surface area contributed by atoms with E-state index in [-0.39, 0.29) is 22.3 Å². The molecule has 1 fully saturated rings. The van der Waals surface area contributed by atoms with E-state index >= 15 is 0 Å². The molecule has 3 aromatic rings. The van der Waals surface area contributed by atoms with E-state index in [4.69, 9.17) is 10.1 Å². The maximum Gasteiger partial charge on any atom is 0.282 e. The predicted octanol–water partition coefficient (Wildman–Crippen LogP) is 6.63. The molecule has 1 saturated carbocycles. The van der Waals surface area contributed by atoms with Crippen molar-refractivity contribution in [3.05, 3.63) is 69.3 Å². The number of fused-ring (bicyclic) bond motifs is 1. The SMILES string of the molecule is CC(C)(C)c1cc(C=Nn2c(C3CCCCC3)nc3ccccc3c2=O)cc(C(C)(C)C)c1O. The van der Waals surface area contributed by atoms with E-state index in [9.17, 15) is 9.90 Å². The van der Waals surface area contributed by atoms with Crippen molar-refractivity contribution >= 4 is 17.1 Å². The lowest BCUT2D eigenvalue weighted by Crippen LogP contribution is -2.25. The second kappa shape index (κ2) is 9.01. The fourth-order valence-corrected chi connectivity index (χ4v) is 4.88. The van der Waals surface area contributed by atoms with Crippen LogP contribution in [0, 0.1) is 0 Å². The van der Waals surface area contributed by atoms with Crippen molar-refractivity contribution in [2.24, 2.45) is 5.10 Å². The van der Waals surface area contributed by atoms with Crippen molar-refractivity contribution in [1.29, 1.82) is 0 Å². The first-order valence-corrected chi connectivity index (χ1v) is 12.4. The Labute approximate surface area is 202 Å². The molecule has 5 heteroatoms. The summed E-state index contributed by atoms with van der Waals surface area (Å²) < 4.78 is 1.51. The Morgan fingerprint density at radius 3 is 2.15 bits per heavy atom. The van der Waals surface area contributed by atoms with E-state index in [0.717, 1.165) is 53.7 Å². The van der Waals surface area contributed by atoms with Crippen LogP contribution in [0.25, 0.3) is 10.9 Å². The van der Waals surface area contributed by atoms with Gasteiger partial charge in [0.2, 0.25) is 0 Å². The molecule has 0 bridgehead atoms. The molecule has 5 nitrogen and oxygen atoms in total. The van der Waals surface area contributed by atoms with Gasteiger partial charge in [-0.15, -0.1) is 0 Å². The first-order valence-electron chi connectivity index (χ1n) is 12.4. The lowest BCUT2D eigenvalue weighted by atomic mass is 9.78. The highest BCUT2D eigenvalue weighted by Crippen LogP contribution is 2.39. The Morgan fingerprint density at radius 1 is 0.971 bits per heavy atom. The highest BCUT2D eigenvalue weighted by Gasteiger charge is 2.27. The average Bonchev–Trinajstić information content (AvgIpc) is 2.78. The van der Waals surface area contributed by atoms with Crippen molar-refractivity contribution < 1.29 is 5.11 Å². The minimum absolute atomic E-state index is 0.131. The molecule has 2 aromatic carbocycles. The summed E-state index contributed by atoms with van der Waals surface area (Å²) in [5.41, 5.74) is 2.74. The number of hydrogen-bond acceptors (Lipinski definition) is 4. The number of benzene rings is 2. The number of nitrogens with zero attached hydrogens (tertiary/aromatic N) is 3. The third kappa shape index (κ3) is 4.79. The summed E-state index contributed by atoms with van der Waals surface area (Å²) in [5.74, 6) is 1.33. The molecular formula is C29H37N3O2. The van der Waals surface area contributed by atoms with Gasteiger partial charge >= 0.3 is 0 Å². The minimum atomic E-state index is -0.234. The number of aromatic nitrogens is 2. The Balaban J connectivity index is 1.88. The molecule has 0 unspecified atom stereocenters. The average molecular weight is 460 g/mol. The molecule has 0 aliphatic heterocycles. The van der Waals surface area contributed by atoms with E-state index in [1.807, 2.05) is 36.4 Å². The number of phenols is 1. The number of hydrogen-bond donors (Lipinski definition) is 1. The van der Waals surface area contributed by atoms with Crippen LogP contribution in [0.15, 0.2) is 46.3 Å². The van der Waals surface area contributed by atoms with E-state index in [1.54, 1.807) is 6.21 Å². The molecule has 0 amide bonds. The largest absolute Gasteiger partial charge is 0.507 e. The summed E-state index contributed by atoms with van der Waals surface area (Å²) in [6, 6.07) is 11.5. The lowest BCUT2D eigenvalue weighted by Gasteiger charge is -2.27. The zero-order valence-electron chi connectivity index (χ0n) is 21.4. The first kappa shape index (κ1) is 24.2. The molecule has 34 heavy (non-hydrogen) atoms. The number of rotatable bonds is 3. The van der Waals surface area contributed by atoms with Gasteiger partial charge in [-0.1, -0.05) is 72.9 Å². The molecule has 1 aromatic heterocycles. The second-order valence-electron chi connectivity index (χ2n) is 11.6. The molecule has 1 aliphatic rings. The topological polar surface area (TPSA) is 67.5 Å². The summed E-state index contributed by atoms with van der Waals surface area (Å²) in [5, 5.41) is 16.3. The van der Waals surface area contributed by atoms with Gasteiger partial charge in [0.25, 0.3) is 5.56 Å². The van der Waals surface area contributed by atoms with E-state index in [2.05, 4.69) is 41.5 Å². The van der Waals surface area contributed by atoms with Crippen molar-refractivity contribution in [3.8, 4) is 5.75 Å². The van der Waals surface area contributed by atoms with Gasteiger partial charge in [0.05, 0.1) is 17.1 Å². The summed E-state index contributed by atoms with van der Waals surface area (Å²) in [6.07, 6.45) is 7.34. The van der Waals surface area contributed by atoms with Crippen LogP contribution in [0.2, 0.25) is 0 Å². The predicted molar refractivity (Wildman–Crippen MR) is 140 cm³/mol. The second-order valence-corrected chi connectivity index (χ2v) is 11.6. The van der Waals surface area contributed by atoms with Gasteiger partial charge in [-0.05, 0) is 53.5 Å². The Morgan fingerprint density at radius 2 is 1.56 bits per heavy atom. The number of para-hydroxylation sites is 1. The molecule has 1 heterocycles. The third-order valence-corrected chi connectivity index (χ3v) is 6.82. The minimum Gasteiger partial charge on any atom is -0.507 e. The van der Waals surface area contributed by atoms with Crippen LogP contribution in [0.5, 0.6) is 5.75 Å². The highest BCUT2D eigenvalue weighted by molar-refractivity contribution is 5.82. The van der Waals surface area contributed by atoms with Gasteiger partial charge in [-0.2, -0.15) is 9.78 Å². The fraction of sp³-hybridized carbons (Fsp3) is 0.483. The smallest absolute Gasteiger partial charge is 0.282 e. The molecule has 180 valence electrons. The summed E-state index contributed by atoms with van der Waals surface area (Å²) >= 11 is 0. The Kier molecular flexibility index (Phi) is 6.41. The van der Waals surface area contributed by atoms with Crippen molar-refractivity contribution in [2.45, 2.75) is 90.4 Å². The molecule has 1 aliphatic carbocycles. The van der Waals surface area contributed by atoms with E-state index in [0.29, 0.717) is 11.1 Å². The van der Waals surface area contributed by atoms with Crippen molar-refractivity contribution in [3.63, 3.8) is 0 Å². The van der Waals surface area contributed by atoms with Crippen LogP contribution in [-0.4, -0.2) is 21.0 Å². The zero-order valence-corrected chi connectivity index (χ0v) is 21.4. The van der Waals surface area contributed by atoms with Crippen molar-refractivity contribution in [2.75, 3.05) is 0 Å². The molecule has 0 spiro atoms. The monoisotopic (exact) mass is 459 g/mol. The van der Waals surface area contributed by atoms with E-state index < -0.39 is 0 Å². The molecular weight excluding hydrogens is 422 g/mol. The quantitative estimate of drug-likeness (QED) is 0.447. The lowest BCUT2D eigenvalue weighted by molar-refractivity contribution is 0.416. The summed E-state index contributed by atoms with van der Waals surface area (Å²) in [4.78, 5) is 18.4. The van der Waals surface area contributed by atoms with Gasteiger partial charge in [0, 0.05) is 17.0 Å². The maximum atomic E-state index is 13.5. The van der Waals surface area contributed by atoms with Gasteiger partial charge in [-0.25, -0.2) is 4.98 Å². The van der Waals surface area contributed by atoms with Crippen LogP contribution in [-0.2, 0) is 10.8 Å². The van der Waals surface area contributed by atoms with Gasteiger partial charge < -0.3 is 5.11 Å². The standard InChI is InChI=1S/C29H37N3O2/c1-28(2,3)22-16-19(17-23(25(22)33)29(4,5)6)18-30-32-26(20-12-8-7-9-13-20)31-24-15-11-10-14-21(24)27(32)34/h10-11,14-18,20,33H,7-9,12-13H2,1-6H3. The van der Waals surface area contributed by atoms with Crippen LogP contribution < -0.4 is 5.56 Å². The number of phenolic OH excluding ortho intramolecular Hbond substituents is 1. The van der Waals surface area contributed by atoms with Gasteiger partial charge in [0.15, 0.2) is 0 Å². The van der Waals surface area contributed by atoms with Crippen LogP contribution in [0.4, 0.5) is 0 Å². The summed E-state index contributed by atoms with van der Waals surface area (Å²) in [6.45, 7) is 12.5. The molecule has 0 atom stereocenters. The molecule has 1 N–H and O–H groups in total. The molecule has 0 saturated heterocycles. The maximum absolute atomic E-state index is 13.5. The van der Waals surface area contributed by atoms with Crippen LogP contribution >= 0.6 is 0 Å². The fourth-order valence-electron chi connectivity index (χ4n) is 4.88. The van der Waals surface area contributed by atoms with E-state index in [1.165, 1.54) is 11.1 Å². The third-order valence-electron chi connectivity index (χ3n) is 6.82. The normalized spacial score (nSPS) is 15.9. The number of aromatic hydroxyl groups is 1. The van der Waals surface area contributed by atoms with Crippen molar-refractivity contribution in [1.82, 2.24) is 9.66 Å².